The summed E-state index contributed by atoms with van der Waals surface area (Å²) >= 11 is 0. The highest BCUT2D eigenvalue weighted by molar-refractivity contribution is 14.0. The number of nitrogens with zero attached hydrogens (tertiary/aromatic N) is 2. The van der Waals surface area contributed by atoms with Gasteiger partial charge in [-0.25, -0.2) is 4.99 Å². The molecule has 2 fully saturated rings. The number of guanidine groups is 1. The van der Waals surface area contributed by atoms with Crippen LogP contribution in [0.4, 0.5) is 0 Å². The predicted molar refractivity (Wildman–Crippen MR) is 119 cm³/mol. The van der Waals surface area contributed by atoms with E-state index in [4.69, 9.17) is 9.47 Å². The van der Waals surface area contributed by atoms with Gasteiger partial charge in [0.2, 0.25) is 5.91 Å². The maximum atomic E-state index is 11.9. The van der Waals surface area contributed by atoms with Crippen LogP contribution in [0.3, 0.4) is 0 Å². The fourth-order valence-corrected chi connectivity index (χ4v) is 3.54. The van der Waals surface area contributed by atoms with E-state index in [0.717, 1.165) is 32.6 Å². The van der Waals surface area contributed by atoms with E-state index < -0.39 is 0 Å². The van der Waals surface area contributed by atoms with Gasteiger partial charge in [0.25, 0.3) is 0 Å². The quantitative estimate of drug-likeness (QED) is 0.321. The van der Waals surface area contributed by atoms with E-state index in [9.17, 15) is 4.79 Å². The van der Waals surface area contributed by atoms with Gasteiger partial charge in [0.1, 0.15) is 6.54 Å². The zero-order valence-electron chi connectivity index (χ0n) is 17.1. The maximum absolute atomic E-state index is 11.9. The first kappa shape index (κ1) is 24.4. The molecular weight excluding hydrogens is 459 g/mol. The summed E-state index contributed by atoms with van der Waals surface area (Å²) in [5.41, 5.74) is -0.225. The van der Waals surface area contributed by atoms with Gasteiger partial charge in [0.05, 0.1) is 5.60 Å². The molecule has 0 unspecified atom stereocenters. The van der Waals surface area contributed by atoms with Gasteiger partial charge in [-0.2, -0.15) is 0 Å². The minimum atomic E-state index is -0.225. The van der Waals surface area contributed by atoms with E-state index in [1.165, 1.54) is 32.1 Å². The number of nitrogens with one attached hydrogen (secondary N) is 2. The molecule has 0 aromatic rings. The van der Waals surface area contributed by atoms with E-state index in [0.29, 0.717) is 18.4 Å². The average molecular weight is 496 g/mol. The van der Waals surface area contributed by atoms with Crippen LogP contribution in [-0.2, 0) is 14.3 Å². The second-order valence-electron chi connectivity index (χ2n) is 7.69. The Morgan fingerprint density at radius 3 is 2.44 bits per heavy atom. The summed E-state index contributed by atoms with van der Waals surface area (Å²) in [5, 5.41) is 6.85. The molecule has 7 nitrogen and oxygen atoms in total. The molecule has 2 rings (SSSR count). The third-order valence-corrected chi connectivity index (χ3v) is 5.57. The monoisotopic (exact) mass is 496 g/mol. The molecule has 0 aromatic carbocycles. The largest absolute Gasteiger partial charge is 0.381 e. The lowest BCUT2D eigenvalue weighted by Gasteiger charge is -2.36. The molecule has 8 heteroatoms. The Hall–Kier alpha value is -0.610. The van der Waals surface area contributed by atoms with Gasteiger partial charge in [-0.05, 0) is 18.8 Å². The number of amides is 1. The van der Waals surface area contributed by atoms with Crippen LogP contribution < -0.4 is 10.6 Å². The molecule has 158 valence electrons. The Labute approximate surface area is 181 Å². The average Bonchev–Trinajstić information content (AvgIpc) is 2.68. The molecule has 0 atom stereocenters. The van der Waals surface area contributed by atoms with Crippen molar-refractivity contribution in [3.05, 3.63) is 0 Å². The maximum Gasteiger partial charge on any atom is 0.243 e. The zero-order chi connectivity index (χ0) is 18.8. The molecule has 0 spiro atoms. The molecule has 1 heterocycles. The van der Waals surface area contributed by atoms with Gasteiger partial charge in [0, 0.05) is 60.4 Å². The zero-order valence-corrected chi connectivity index (χ0v) is 19.4. The van der Waals surface area contributed by atoms with Gasteiger partial charge in [-0.1, -0.05) is 19.3 Å². The molecule has 0 aromatic heterocycles. The van der Waals surface area contributed by atoms with Crippen molar-refractivity contribution in [1.82, 2.24) is 15.5 Å². The first-order valence-corrected chi connectivity index (χ1v) is 9.90. The van der Waals surface area contributed by atoms with Crippen LogP contribution in [0.2, 0.25) is 0 Å². The second kappa shape index (κ2) is 12.8. The van der Waals surface area contributed by atoms with Crippen molar-refractivity contribution in [1.29, 1.82) is 0 Å². The van der Waals surface area contributed by atoms with Crippen LogP contribution >= 0.6 is 24.0 Å². The number of hydrogen-bond acceptors (Lipinski definition) is 4. The minimum Gasteiger partial charge on any atom is -0.381 e. The molecule has 1 saturated heterocycles. The van der Waals surface area contributed by atoms with Crippen molar-refractivity contribution in [2.75, 3.05) is 54.1 Å². The molecule has 0 bridgehead atoms. The molecule has 1 saturated carbocycles. The van der Waals surface area contributed by atoms with Crippen molar-refractivity contribution in [2.24, 2.45) is 10.9 Å². The predicted octanol–water partition coefficient (Wildman–Crippen LogP) is 2.00. The van der Waals surface area contributed by atoms with Crippen LogP contribution in [0.25, 0.3) is 0 Å². The Kier molecular flexibility index (Phi) is 11.6. The van der Waals surface area contributed by atoms with Gasteiger partial charge in [-0.3, -0.25) is 4.79 Å². The minimum absolute atomic E-state index is 0. The molecule has 1 aliphatic heterocycles. The highest BCUT2D eigenvalue weighted by Crippen LogP contribution is 2.24. The van der Waals surface area contributed by atoms with Gasteiger partial charge < -0.3 is 25.0 Å². The number of carbonyl (C=O) groups is 1. The van der Waals surface area contributed by atoms with E-state index in [1.54, 1.807) is 26.1 Å². The third-order valence-electron chi connectivity index (χ3n) is 5.57. The number of likely N-dealkylation sites (N-methyl/N-ethyl adjacent to an activating group) is 1. The Balaban J connectivity index is 0.00000364. The number of ether oxygens (including phenoxy) is 2. The fraction of sp³-hybridized carbons (Fsp3) is 0.895. The second-order valence-corrected chi connectivity index (χ2v) is 7.69. The summed E-state index contributed by atoms with van der Waals surface area (Å²) in [6.07, 6.45) is 8.26. The Bertz CT molecular complexity index is 462. The molecule has 27 heavy (non-hydrogen) atoms. The molecule has 2 N–H and O–H groups in total. The number of methoxy groups -OCH3 is 1. The van der Waals surface area contributed by atoms with Crippen molar-refractivity contribution in [3.8, 4) is 0 Å². The van der Waals surface area contributed by atoms with E-state index in [1.807, 2.05) is 0 Å². The van der Waals surface area contributed by atoms with Crippen LogP contribution in [0.1, 0.15) is 44.9 Å². The topological polar surface area (TPSA) is 75.2 Å². The number of rotatable bonds is 7. The number of hydrogen-bond donors (Lipinski definition) is 2. The van der Waals surface area contributed by atoms with E-state index in [-0.39, 0.29) is 42.0 Å². The SMILES string of the molecule is COC1(CNC(=NCC(=O)N(C)C)NCC2CCCCC2)CCOCC1.I. The highest BCUT2D eigenvalue weighted by atomic mass is 127. The summed E-state index contributed by atoms with van der Waals surface area (Å²) < 4.78 is 11.2. The number of halogens is 1. The summed E-state index contributed by atoms with van der Waals surface area (Å²) in [7, 11) is 5.26. The first-order chi connectivity index (χ1) is 12.5. The van der Waals surface area contributed by atoms with Crippen molar-refractivity contribution >= 4 is 35.8 Å². The molecular formula is C19H37IN4O3. The van der Waals surface area contributed by atoms with Crippen LogP contribution in [0.5, 0.6) is 0 Å². The van der Waals surface area contributed by atoms with Crippen LogP contribution in [0, 0.1) is 5.92 Å². The van der Waals surface area contributed by atoms with Crippen molar-refractivity contribution < 1.29 is 14.3 Å². The normalized spacial score (nSPS) is 20.5. The fourth-order valence-electron chi connectivity index (χ4n) is 3.54. The summed E-state index contributed by atoms with van der Waals surface area (Å²) in [6.45, 7) is 3.16. The van der Waals surface area contributed by atoms with E-state index in [2.05, 4.69) is 15.6 Å². The molecule has 0 radical (unpaired) electrons. The lowest BCUT2D eigenvalue weighted by molar-refractivity contribution is -0.127. The van der Waals surface area contributed by atoms with Gasteiger partial charge in [0.15, 0.2) is 5.96 Å². The van der Waals surface area contributed by atoms with Crippen molar-refractivity contribution in [2.45, 2.75) is 50.5 Å². The smallest absolute Gasteiger partial charge is 0.243 e. The first-order valence-electron chi connectivity index (χ1n) is 9.90. The van der Waals surface area contributed by atoms with Gasteiger partial charge >= 0.3 is 0 Å². The van der Waals surface area contributed by atoms with E-state index >= 15 is 0 Å². The molecule has 2 aliphatic rings. The third kappa shape index (κ3) is 8.51. The van der Waals surface area contributed by atoms with Crippen LogP contribution in [-0.4, -0.2) is 76.4 Å². The van der Waals surface area contributed by atoms with Gasteiger partial charge in [-0.15, -0.1) is 24.0 Å². The summed E-state index contributed by atoms with van der Waals surface area (Å²) in [6, 6.07) is 0. The molecule has 1 aliphatic carbocycles. The number of carbonyl (C=O) groups excluding carboxylic acids is 1. The Morgan fingerprint density at radius 2 is 1.85 bits per heavy atom. The number of aliphatic imine (C=N–C) groups is 1. The lowest BCUT2D eigenvalue weighted by Crippen LogP contribution is -2.51. The van der Waals surface area contributed by atoms with Crippen molar-refractivity contribution in [3.63, 3.8) is 0 Å². The standard InChI is InChI=1S/C19H36N4O3.HI/c1-23(2)17(24)14-21-18(20-13-16-7-5-4-6-8-16)22-15-19(25-3)9-11-26-12-10-19;/h16H,4-15H2,1-3H3,(H2,20,21,22);1H. The Morgan fingerprint density at radius 1 is 1.19 bits per heavy atom. The van der Waals surface area contributed by atoms with Crippen LogP contribution in [0.15, 0.2) is 4.99 Å². The molecule has 1 amide bonds. The summed E-state index contributed by atoms with van der Waals surface area (Å²) in [4.78, 5) is 18.0. The summed E-state index contributed by atoms with van der Waals surface area (Å²) in [5.74, 6) is 1.39. The highest BCUT2D eigenvalue weighted by Gasteiger charge is 2.32. The lowest BCUT2D eigenvalue weighted by atomic mass is 9.89.